The van der Waals surface area contributed by atoms with E-state index in [4.69, 9.17) is 10.7 Å². The van der Waals surface area contributed by atoms with Crippen molar-refractivity contribution >= 4 is 11.3 Å². The summed E-state index contributed by atoms with van der Waals surface area (Å²) in [5.41, 5.74) is 11.2. The van der Waals surface area contributed by atoms with Crippen molar-refractivity contribution in [3.63, 3.8) is 0 Å². The largest absolute Gasteiger partial charge is 0.356 e. The number of aryl methyl sites for hydroxylation is 1. The number of nitriles is 1. The maximum Gasteiger partial charge on any atom is 0.128 e. The minimum absolute atomic E-state index is 0.371. The molecule has 2 unspecified atom stereocenters. The molecule has 0 spiro atoms. The third-order valence-electron chi connectivity index (χ3n) is 6.41. The number of anilines is 1. The Bertz CT molecular complexity index is 1300. The van der Waals surface area contributed by atoms with Crippen LogP contribution in [0.1, 0.15) is 5.56 Å². The molecular weight excluding hydrogens is 376 g/mol. The first-order chi connectivity index (χ1) is 14.6. The second-order valence-electron chi connectivity index (χ2n) is 8.22. The summed E-state index contributed by atoms with van der Waals surface area (Å²) in [6.07, 6.45) is 9.20. The molecule has 8 heteroatoms. The van der Waals surface area contributed by atoms with Crippen molar-refractivity contribution in [1.29, 1.82) is 5.26 Å². The van der Waals surface area contributed by atoms with E-state index in [-0.39, 0.29) is 0 Å². The van der Waals surface area contributed by atoms with Gasteiger partial charge >= 0.3 is 0 Å². The van der Waals surface area contributed by atoms with Crippen LogP contribution in [0, 0.1) is 23.2 Å². The molecule has 0 amide bonds. The first-order valence-electron chi connectivity index (χ1n) is 10.00. The van der Waals surface area contributed by atoms with Crippen molar-refractivity contribution in [3.8, 4) is 28.3 Å². The lowest BCUT2D eigenvalue weighted by atomic mass is 10.0. The fourth-order valence-electron chi connectivity index (χ4n) is 4.64. The Balaban J connectivity index is 1.43. The molecule has 1 aliphatic carbocycles. The summed E-state index contributed by atoms with van der Waals surface area (Å²) in [7, 11) is 1.89. The zero-order valence-electron chi connectivity index (χ0n) is 16.5. The van der Waals surface area contributed by atoms with E-state index in [0.29, 0.717) is 23.4 Å². The lowest BCUT2D eigenvalue weighted by Crippen LogP contribution is -2.28. The highest BCUT2D eigenvalue weighted by molar-refractivity contribution is 5.87. The molecule has 1 aliphatic heterocycles. The number of piperidine rings is 1. The molecule has 8 nitrogen and oxygen atoms in total. The summed E-state index contributed by atoms with van der Waals surface area (Å²) in [4.78, 5) is 7.04. The maximum absolute atomic E-state index is 9.57. The van der Waals surface area contributed by atoms with Gasteiger partial charge in [-0.25, -0.2) is 9.50 Å². The Hall–Kier alpha value is -3.70. The molecule has 0 radical (unpaired) electrons. The highest BCUT2D eigenvalue weighted by atomic mass is 15.2. The maximum atomic E-state index is 9.57. The van der Waals surface area contributed by atoms with Gasteiger partial charge in [-0.3, -0.25) is 4.68 Å². The predicted molar refractivity (Wildman–Crippen MR) is 113 cm³/mol. The lowest BCUT2D eigenvalue weighted by Gasteiger charge is -2.20. The minimum atomic E-state index is 0.371. The van der Waals surface area contributed by atoms with Crippen LogP contribution in [0.3, 0.4) is 0 Å². The van der Waals surface area contributed by atoms with Gasteiger partial charge in [0.05, 0.1) is 23.5 Å². The molecular formula is C22H20N8. The average Bonchev–Trinajstić information content (AvgIpc) is 3.26. The number of pyridine rings is 2. The van der Waals surface area contributed by atoms with Crippen LogP contribution in [0.5, 0.6) is 0 Å². The molecule has 2 atom stereocenters. The molecule has 4 aromatic heterocycles. The quantitative estimate of drug-likeness (QED) is 0.569. The molecule has 0 bridgehead atoms. The van der Waals surface area contributed by atoms with Gasteiger partial charge in [0.2, 0.25) is 0 Å². The fraction of sp³-hybridized carbons (Fsp3) is 0.273. The van der Waals surface area contributed by atoms with Crippen molar-refractivity contribution in [2.24, 2.45) is 24.6 Å². The van der Waals surface area contributed by atoms with Crippen molar-refractivity contribution in [2.45, 2.75) is 6.04 Å². The first kappa shape index (κ1) is 17.2. The highest BCUT2D eigenvalue weighted by Crippen LogP contribution is 2.45. The van der Waals surface area contributed by atoms with E-state index in [1.165, 1.54) is 0 Å². The van der Waals surface area contributed by atoms with Gasteiger partial charge in [0.25, 0.3) is 0 Å². The van der Waals surface area contributed by atoms with Gasteiger partial charge in [-0.05, 0) is 30.0 Å². The topological polar surface area (TPSA) is 101 Å². The third kappa shape index (κ3) is 2.52. The zero-order valence-corrected chi connectivity index (χ0v) is 16.5. The fourth-order valence-corrected chi connectivity index (χ4v) is 4.64. The number of fused-ring (bicyclic) bond motifs is 2. The number of rotatable bonds is 3. The predicted octanol–water partition coefficient (Wildman–Crippen LogP) is 2.06. The Labute approximate surface area is 173 Å². The van der Waals surface area contributed by atoms with Crippen molar-refractivity contribution < 1.29 is 0 Å². The second kappa shape index (κ2) is 6.15. The zero-order chi connectivity index (χ0) is 20.4. The van der Waals surface area contributed by atoms with Crippen LogP contribution in [0.15, 0.2) is 49.2 Å². The number of hydrogen-bond donors (Lipinski definition) is 1. The standard InChI is InChI=1S/C22H20N8/c1-28-9-16(8-26-28)14-4-17(22-15(5-23)7-27-30(22)10-14)13-2-3-20(25-6-13)29-11-18-19(12-29)21(18)24/h2-4,6-10,18-19,21H,11-12,24H2,1H3. The Morgan fingerprint density at radius 2 is 1.87 bits per heavy atom. The molecule has 2 aliphatic rings. The van der Waals surface area contributed by atoms with Gasteiger partial charge in [0.1, 0.15) is 11.9 Å². The number of nitrogens with two attached hydrogens (primary N) is 1. The Morgan fingerprint density at radius 1 is 1.03 bits per heavy atom. The van der Waals surface area contributed by atoms with Gasteiger partial charge in [0, 0.05) is 67.0 Å². The molecule has 4 aromatic rings. The van der Waals surface area contributed by atoms with Crippen molar-refractivity contribution in [3.05, 3.63) is 54.7 Å². The lowest BCUT2D eigenvalue weighted by molar-refractivity contribution is 0.735. The Kier molecular flexibility index (Phi) is 3.52. The number of aromatic nitrogens is 5. The van der Waals surface area contributed by atoms with Gasteiger partial charge < -0.3 is 10.6 Å². The monoisotopic (exact) mass is 396 g/mol. The van der Waals surface area contributed by atoms with E-state index in [9.17, 15) is 5.26 Å². The highest BCUT2D eigenvalue weighted by Gasteiger charge is 2.53. The summed E-state index contributed by atoms with van der Waals surface area (Å²) in [5.74, 6) is 2.21. The third-order valence-corrected chi connectivity index (χ3v) is 6.41. The number of hydrogen-bond acceptors (Lipinski definition) is 6. The van der Waals surface area contributed by atoms with Crippen LogP contribution in [0.4, 0.5) is 5.82 Å². The van der Waals surface area contributed by atoms with Gasteiger partial charge in [-0.1, -0.05) is 0 Å². The van der Waals surface area contributed by atoms with E-state index < -0.39 is 0 Å². The van der Waals surface area contributed by atoms with Crippen LogP contribution in [0.25, 0.3) is 27.8 Å². The molecule has 1 saturated carbocycles. The van der Waals surface area contributed by atoms with Gasteiger partial charge in [0.15, 0.2) is 0 Å². The first-order valence-corrected chi connectivity index (χ1v) is 10.00. The molecule has 2 N–H and O–H groups in total. The molecule has 1 saturated heterocycles. The summed E-state index contributed by atoms with van der Waals surface area (Å²) in [5, 5.41) is 18.2. The summed E-state index contributed by atoms with van der Waals surface area (Å²) < 4.78 is 3.53. The summed E-state index contributed by atoms with van der Waals surface area (Å²) >= 11 is 0. The minimum Gasteiger partial charge on any atom is -0.356 e. The molecule has 148 valence electrons. The molecule has 5 heterocycles. The number of nitrogens with zero attached hydrogens (tertiary/aromatic N) is 7. The van der Waals surface area contributed by atoms with Crippen LogP contribution < -0.4 is 10.6 Å². The van der Waals surface area contributed by atoms with E-state index in [2.05, 4.69) is 39.4 Å². The second-order valence-corrected chi connectivity index (χ2v) is 8.22. The van der Waals surface area contributed by atoms with Crippen molar-refractivity contribution in [2.75, 3.05) is 18.0 Å². The van der Waals surface area contributed by atoms with E-state index >= 15 is 0 Å². The van der Waals surface area contributed by atoms with E-state index in [1.54, 1.807) is 15.4 Å². The van der Waals surface area contributed by atoms with E-state index in [1.807, 2.05) is 31.8 Å². The van der Waals surface area contributed by atoms with Crippen LogP contribution in [-0.4, -0.2) is 43.5 Å². The van der Waals surface area contributed by atoms with E-state index in [0.717, 1.165) is 46.7 Å². The SMILES string of the molecule is Cn1cc(-c2cc(-c3ccc(N4CC5C(N)C5C4)nc3)c3c(C#N)cnn3c2)cn1. The van der Waals surface area contributed by atoms with Crippen LogP contribution in [-0.2, 0) is 7.05 Å². The average molecular weight is 396 g/mol. The van der Waals surface area contributed by atoms with Crippen LogP contribution in [0.2, 0.25) is 0 Å². The molecule has 30 heavy (non-hydrogen) atoms. The normalized spacial score (nSPS) is 22.3. The Morgan fingerprint density at radius 3 is 2.53 bits per heavy atom. The van der Waals surface area contributed by atoms with Crippen molar-refractivity contribution in [1.82, 2.24) is 24.4 Å². The van der Waals surface area contributed by atoms with Crippen LogP contribution >= 0.6 is 0 Å². The van der Waals surface area contributed by atoms with Gasteiger partial charge in [-0.2, -0.15) is 15.5 Å². The molecule has 6 rings (SSSR count). The van der Waals surface area contributed by atoms with Gasteiger partial charge in [-0.15, -0.1) is 0 Å². The summed E-state index contributed by atoms with van der Waals surface area (Å²) in [6.45, 7) is 1.97. The smallest absolute Gasteiger partial charge is 0.128 e. The summed E-state index contributed by atoms with van der Waals surface area (Å²) in [6, 6.07) is 8.83. The molecule has 2 fully saturated rings. The molecule has 0 aromatic carbocycles.